The molecule has 1 heteroatoms. The van der Waals surface area contributed by atoms with Crippen LogP contribution in [0.25, 0.3) is 5.57 Å². The number of rotatable bonds is 10. The SMILES string of the molecule is CCCCC/C=C(\CCCCC)C1=C(c2ccccn2)CCCC1. The third-order valence-electron chi connectivity index (χ3n) is 5.08. The summed E-state index contributed by atoms with van der Waals surface area (Å²) < 4.78 is 0. The lowest BCUT2D eigenvalue weighted by Gasteiger charge is -2.23. The third-order valence-corrected chi connectivity index (χ3v) is 5.08. The summed E-state index contributed by atoms with van der Waals surface area (Å²) >= 11 is 0. The van der Waals surface area contributed by atoms with E-state index in [-0.39, 0.29) is 0 Å². The van der Waals surface area contributed by atoms with Crippen molar-refractivity contribution >= 4 is 5.57 Å². The fourth-order valence-corrected chi connectivity index (χ4v) is 3.70. The van der Waals surface area contributed by atoms with Crippen LogP contribution in [-0.2, 0) is 0 Å². The van der Waals surface area contributed by atoms with Crippen molar-refractivity contribution in [2.75, 3.05) is 0 Å². The van der Waals surface area contributed by atoms with Crippen molar-refractivity contribution in [3.05, 3.63) is 47.3 Å². The molecule has 24 heavy (non-hydrogen) atoms. The van der Waals surface area contributed by atoms with Crippen LogP contribution in [0.4, 0.5) is 0 Å². The van der Waals surface area contributed by atoms with Gasteiger partial charge in [-0.15, -0.1) is 0 Å². The summed E-state index contributed by atoms with van der Waals surface area (Å²) in [7, 11) is 0. The Hall–Kier alpha value is -1.37. The van der Waals surface area contributed by atoms with Crippen LogP contribution in [0.5, 0.6) is 0 Å². The number of allylic oxidation sites excluding steroid dienone is 4. The molecule has 0 atom stereocenters. The largest absolute Gasteiger partial charge is 0.257 e. The van der Waals surface area contributed by atoms with Crippen LogP contribution < -0.4 is 0 Å². The minimum Gasteiger partial charge on any atom is -0.257 e. The molecule has 0 radical (unpaired) electrons. The van der Waals surface area contributed by atoms with Gasteiger partial charge < -0.3 is 0 Å². The average molecular weight is 326 g/mol. The van der Waals surface area contributed by atoms with Crippen LogP contribution in [-0.4, -0.2) is 4.98 Å². The summed E-state index contributed by atoms with van der Waals surface area (Å²) in [6.45, 7) is 4.58. The smallest absolute Gasteiger partial charge is 0.0664 e. The van der Waals surface area contributed by atoms with Crippen molar-refractivity contribution in [2.24, 2.45) is 0 Å². The zero-order valence-corrected chi connectivity index (χ0v) is 15.8. The zero-order valence-electron chi connectivity index (χ0n) is 15.8. The Morgan fingerprint density at radius 2 is 1.79 bits per heavy atom. The van der Waals surface area contributed by atoms with Crippen molar-refractivity contribution < 1.29 is 0 Å². The van der Waals surface area contributed by atoms with Gasteiger partial charge in [-0.3, -0.25) is 4.98 Å². The Bertz CT molecular complexity index is 524. The van der Waals surface area contributed by atoms with Crippen molar-refractivity contribution in [2.45, 2.75) is 90.9 Å². The normalized spacial score (nSPS) is 15.8. The van der Waals surface area contributed by atoms with Gasteiger partial charge in [0.25, 0.3) is 0 Å². The third kappa shape index (κ3) is 5.92. The molecular weight excluding hydrogens is 290 g/mol. The molecule has 1 aromatic rings. The van der Waals surface area contributed by atoms with E-state index < -0.39 is 0 Å². The average Bonchev–Trinajstić information content (AvgIpc) is 2.64. The maximum absolute atomic E-state index is 4.66. The highest BCUT2D eigenvalue weighted by molar-refractivity contribution is 5.71. The standard InChI is InChI=1S/C23H35N/c1-3-5-7-9-15-20(14-8-6-4-2)21-16-10-11-17-22(21)23-18-12-13-19-24-23/h12-13,15,18-19H,3-11,14,16-17H2,1-2H3/b20-15+. The molecule has 0 aromatic carbocycles. The first-order valence-electron chi connectivity index (χ1n) is 10.2. The van der Waals surface area contributed by atoms with Gasteiger partial charge in [-0.05, 0) is 80.2 Å². The quantitative estimate of drug-likeness (QED) is 0.406. The first kappa shape index (κ1) is 19.0. The molecule has 1 nitrogen and oxygen atoms in total. The molecule has 0 saturated carbocycles. The molecule has 0 saturated heterocycles. The van der Waals surface area contributed by atoms with Gasteiger partial charge in [0.1, 0.15) is 0 Å². The molecule has 1 heterocycles. The van der Waals surface area contributed by atoms with E-state index in [4.69, 9.17) is 0 Å². The lowest BCUT2D eigenvalue weighted by Crippen LogP contribution is -2.04. The van der Waals surface area contributed by atoms with Crippen molar-refractivity contribution in [3.8, 4) is 0 Å². The Morgan fingerprint density at radius 3 is 2.54 bits per heavy atom. The van der Waals surface area contributed by atoms with E-state index in [1.54, 1.807) is 11.1 Å². The van der Waals surface area contributed by atoms with Gasteiger partial charge >= 0.3 is 0 Å². The van der Waals surface area contributed by atoms with Gasteiger partial charge in [-0.25, -0.2) is 0 Å². The topological polar surface area (TPSA) is 12.9 Å². The molecule has 0 unspecified atom stereocenters. The highest BCUT2D eigenvalue weighted by Gasteiger charge is 2.18. The molecule has 0 N–H and O–H groups in total. The van der Waals surface area contributed by atoms with E-state index in [9.17, 15) is 0 Å². The summed E-state index contributed by atoms with van der Waals surface area (Å²) in [5.74, 6) is 0. The molecule has 0 bridgehead atoms. The summed E-state index contributed by atoms with van der Waals surface area (Å²) in [6, 6.07) is 6.35. The van der Waals surface area contributed by atoms with E-state index in [0.717, 1.165) is 0 Å². The van der Waals surface area contributed by atoms with Gasteiger partial charge in [0.15, 0.2) is 0 Å². The summed E-state index contributed by atoms with van der Waals surface area (Å²) in [5.41, 5.74) is 6.01. The first-order chi connectivity index (χ1) is 11.9. The molecule has 1 aliphatic rings. The number of unbranched alkanes of at least 4 members (excludes halogenated alkanes) is 5. The van der Waals surface area contributed by atoms with Crippen LogP contribution in [0, 0.1) is 0 Å². The Kier molecular flexibility index (Phi) is 8.87. The van der Waals surface area contributed by atoms with E-state index in [2.05, 4.69) is 37.0 Å². The van der Waals surface area contributed by atoms with E-state index in [0.29, 0.717) is 0 Å². The fourth-order valence-electron chi connectivity index (χ4n) is 3.70. The number of hydrogen-bond donors (Lipinski definition) is 0. The van der Waals surface area contributed by atoms with Crippen molar-refractivity contribution in [1.29, 1.82) is 0 Å². The van der Waals surface area contributed by atoms with Crippen LogP contribution in [0.15, 0.2) is 41.6 Å². The summed E-state index contributed by atoms with van der Waals surface area (Å²) in [6.07, 6.45) is 20.1. The van der Waals surface area contributed by atoms with E-state index in [1.807, 2.05) is 12.3 Å². The lowest BCUT2D eigenvalue weighted by atomic mass is 9.83. The second-order valence-corrected chi connectivity index (χ2v) is 7.06. The van der Waals surface area contributed by atoms with Crippen molar-refractivity contribution in [3.63, 3.8) is 0 Å². The first-order valence-corrected chi connectivity index (χ1v) is 10.2. The number of pyridine rings is 1. The lowest BCUT2D eigenvalue weighted by molar-refractivity contribution is 0.676. The monoisotopic (exact) mass is 325 g/mol. The molecule has 132 valence electrons. The number of nitrogens with zero attached hydrogens (tertiary/aromatic N) is 1. The molecule has 0 amide bonds. The maximum atomic E-state index is 4.66. The fraction of sp³-hybridized carbons (Fsp3) is 0.609. The second-order valence-electron chi connectivity index (χ2n) is 7.06. The van der Waals surface area contributed by atoms with Crippen LogP contribution in [0.2, 0.25) is 0 Å². The van der Waals surface area contributed by atoms with Gasteiger partial charge in [-0.1, -0.05) is 51.7 Å². The molecule has 0 aliphatic heterocycles. The van der Waals surface area contributed by atoms with Crippen LogP contribution >= 0.6 is 0 Å². The highest BCUT2D eigenvalue weighted by Crippen LogP contribution is 2.37. The molecule has 1 aliphatic carbocycles. The Balaban J connectivity index is 2.23. The molecule has 0 spiro atoms. The number of aromatic nitrogens is 1. The van der Waals surface area contributed by atoms with Gasteiger partial charge in [0.2, 0.25) is 0 Å². The Labute approximate surface area is 149 Å². The minimum absolute atomic E-state index is 1.20. The molecule has 2 rings (SSSR count). The zero-order chi connectivity index (χ0) is 17.0. The van der Waals surface area contributed by atoms with E-state index >= 15 is 0 Å². The molecule has 1 aromatic heterocycles. The number of hydrogen-bond acceptors (Lipinski definition) is 1. The molecule has 0 fully saturated rings. The second kappa shape index (κ2) is 11.2. The Morgan fingerprint density at radius 1 is 1.00 bits per heavy atom. The maximum Gasteiger partial charge on any atom is 0.0664 e. The predicted octanol–water partition coefficient (Wildman–Crippen LogP) is 7.50. The van der Waals surface area contributed by atoms with Crippen LogP contribution in [0.3, 0.4) is 0 Å². The predicted molar refractivity (Wildman–Crippen MR) is 106 cm³/mol. The van der Waals surface area contributed by atoms with Crippen LogP contribution in [0.1, 0.15) is 96.6 Å². The van der Waals surface area contributed by atoms with Gasteiger partial charge in [0.05, 0.1) is 5.69 Å². The highest BCUT2D eigenvalue weighted by atomic mass is 14.7. The minimum atomic E-state index is 1.20. The van der Waals surface area contributed by atoms with Crippen molar-refractivity contribution in [1.82, 2.24) is 4.98 Å². The summed E-state index contributed by atoms with van der Waals surface area (Å²) in [4.78, 5) is 4.66. The van der Waals surface area contributed by atoms with Gasteiger partial charge in [-0.2, -0.15) is 0 Å². The summed E-state index contributed by atoms with van der Waals surface area (Å²) in [5, 5.41) is 0. The van der Waals surface area contributed by atoms with Gasteiger partial charge in [0, 0.05) is 6.20 Å². The molecular formula is C23H35N. The van der Waals surface area contributed by atoms with E-state index in [1.165, 1.54) is 88.3 Å².